The smallest absolute Gasteiger partial charge is 0.240 e. The summed E-state index contributed by atoms with van der Waals surface area (Å²) >= 11 is 1.34. The molecule has 1 heterocycles. The van der Waals surface area contributed by atoms with Crippen molar-refractivity contribution in [2.24, 2.45) is 0 Å². The van der Waals surface area contributed by atoms with Crippen LogP contribution in [-0.4, -0.2) is 20.1 Å². The van der Waals surface area contributed by atoms with E-state index in [1.807, 2.05) is 0 Å². The molecule has 0 aliphatic rings. The Labute approximate surface area is 120 Å². The first-order valence-corrected chi connectivity index (χ1v) is 8.19. The molecule has 0 saturated carbocycles. The second kappa shape index (κ2) is 5.61. The molecule has 1 aromatic heterocycles. The maximum absolute atomic E-state index is 12.8. The Morgan fingerprint density at radius 2 is 1.95 bits per heavy atom. The van der Waals surface area contributed by atoms with Gasteiger partial charge in [0.25, 0.3) is 0 Å². The van der Waals surface area contributed by atoms with E-state index in [2.05, 4.69) is 4.72 Å². The van der Waals surface area contributed by atoms with Crippen LogP contribution in [0, 0.1) is 5.82 Å². The zero-order valence-corrected chi connectivity index (χ0v) is 12.3. The predicted molar refractivity (Wildman–Crippen MR) is 75.5 cm³/mol. The van der Waals surface area contributed by atoms with Crippen molar-refractivity contribution in [3.05, 3.63) is 52.5 Å². The van der Waals surface area contributed by atoms with Crippen LogP contribution in [0.5, 0.6) is 0 Å². The lowest BCUT2D eigenvalue weighted by atomic mass is 10.1. The van der Waals surface area contributed by atoms with Crippen LogP contribution in [0.15, 0.2) is 46.7 Å². The number of benzene rings is 1. The highest BCUT2D eigenvalue weighted by Crippen LogP contribution is 2.25. The van der Waals surface area contributed by atoms with Gasteiger partial charge >= 0.3 is 0 Å². The fourth-order valence-electron chi connectivity index (χ4n) is 1.60. The number of rotatable bonds is 5. The zero-order chi connectivity index (χ0) is 14.8. The molecule has 0 aliphatic heterocycles. The van der Waals surface area contributed by atoms with Gasteiger partial charge in [0.2, 0.25) is 10.0 Å². The van der Waals surface area contributed by atoms with Gasteiger partial charge in [-0.1, -0.05) is 6.07 Å². The van der Waals surface area contributed by atoms with Crippen molar-refractivity contribution in [3.63, 3.8) is 0 Å². The van der Waals surface area contributed by atoms with Crippen LogP contribution < -0.4 is 4.72 Å². The van der Waals surface area contributed by atoms with Crippen LogP contribution in [0.25, 0.3) is 0 Å². The first kappa shape index (κ1) is 15.1. The van der Waals surface area contributed by atoms with Crippen LogP contribution in [0.1, 0.15) is 11.8 Å². The lowest BCUT2D eigenvalue weighted by Crippen LogP contribution is -2.38. The number of halogens is 1. The van der Waals surface area contributed by atoms with Crippen LogP contribution in [-0.2, 0) is 15.6 Å². The molecule has 0 aliphatic carbocycles. The van der Waals surface area contributed by atoms with Gasteiger partial charge in [-0.15, -0.1) is 11.3 Å². The van der Waals surface area contributed by atoms with Crippen molar-refractivity contribution >= 4 is 21.4 Å². The van der Waals surface area contributed by atoms with Gasteiger partial charge < -0.3 is 5.11 Å². The van der Waals surface area contributed by atoms with Crippen molar-refractivity contribution < 1.29 is 17.9 Å². The molecule has 1 atom stereocenters. The summed E-state index contributed by atoms with van der Waals surface area (Å²) in [5.74, 6) is -0.505. The summed E-state index contributed by atoms with van der Waals surface area (Å²) in [5.41, 5.74) is -1.29. The standard InChI is InChI=1S/C13H14FNO3S2/c1-13(16,12-3-2-8-19-12)9-15-20(17,18)11-6-4-10(14)5-7-11/h2-8,15-16H,9H2,1H3. The number of aliphatic hydroxyl groups is 1. The van der Waals surface area contributed by atoms with E-state index in [9.17, 15) is 17.9 Å². The van der Waals surface area contributed by atoms with E-state index in [0.717, 1.165) is 12.1 Å². The largest absolute Gasteiger partial charge is 0.383 e. The van der Waals surface area contributed by atoms with Gasteiger partial charge in [0.15, 0.2) is 0 Å². The van der Waals surface area contributed by atoms with E-state index >= 15 is 0 Å². The van der Waals surface area contributed by atoms with E-state index in [4.69, 9.17) is 0 Å². The molecule has 0 bridgehead atoms. The molecule has 0 radical (unpaired) electrons. The molecule has 108 valence electrons. The number of sulfonamides is 1. The molecule has 0 saturated heterocycles. The van der Waals surface area contributed by atoms with Gasteiger partial charge in [-0.3, -0.25) is 0 Å². The van der Waals surface area contributed by atoms with Gasteiger partial charge in [0, 0.05) is 11.4 Å². The summed E-state index contributed by atoms with van der Waals surface area (Å²) < 4.78 is 39.1. The Morgan fingerprint density at radius 1 is 1.30 bits per heavy atom. The molecule has 4 nitrogen and oxygen atoms in total. The summed E-state index contributed by atoms with van der Waals surface area (Å²) in [4.78, 5) is 0.625. The van der Waals surface area contributed by atoms with Crippen molar-refractivity contribution in [2.75, 3.05) is 6.54 Å². The Morgan fingerprint density at radius 3 is 2.50 bits per heavy atom. The zero-order valence-electron chi connectivity index (χ0n) is 10.7. The molecule has 0 amide bonds. The van der Waals surface area contributed by atoms with Crippen molar-refractivity contribution in [2.45, 2.75) is 17.4 Å². The molecule has 1 aromatic carbocycles. The molecule has 20 heavy (non-hydrogen) atoms. The molecule has 2 rings (SSSR count). The number of nitrogens with one attached hydrogen (secondary N) is 1. The third-order valence-electron chi connectivity index (χ3n) is 2.78. The lowest BCUT2D eigenvalue weighted by Gasteiger charge is -2.22. The minimum absolute atomic E-state index is 0.0409. The number of hydrogen-bond donors (Lipinski definition) is 2. The monoisotopic (exact) mass is 315 g/mol. The Bertz CT molecular complexity index is 664. The third kappa shape index (κ3) is 3.43. The molecule has 2 aromatic rings. The van der Waals surface area contributed by atoms with E-state index < -0.39 is 21.4 Å². The molecule has 7 heteroatoms. The highest BCUT2D eigenvalue weighted by Gasteiger charge is 2.27. The van der Waals surface area contributed by atoms with Crippen molar-refractivity contribution in [1.82, 2.24) is 4.72 Å². The molecule has 0 spiro atoms. The van der Waals surface area contributed by atoms with E-state index in [1.165, 1.54) is 30.4 Å². The SMILES string of the molecule is CC(O)(CNS(=O)(=O)c1ccc(F)cc1)c1cccs1. The van der Waals surface area contributed by atoms with Gasteiger partial charge in [-0.2, -0.15) is 0 Å². The Hall–Kier alpha value is -1.28. The predicted octanol–water partition coefficient (Wildman–Crippen LogP) is 2.07. The number of hydrogen-bond acceptors (Lipinski definition) is 4. The molecule has 2 N–H and O–H groups in total. The quantitative estimate of drug-likeness (QED) is 0.888. The van der Waals surface area contributed by atoms with Crippen LogP contribution in [0.4, 0.5) is 4.39 Å². The number of thiophene rings is 1. The summed E-state index contributed by atoms with van der Waals surface area (Å²) in [6, 6.07) is 8.02. The van der Waals surface area contributed by atoms with E-state index in [0.29, 0.717) is 4.88 Å². The van der Waals surface area contributed by atoms with Gasteiger partial charge in [0.05, 0.1) is 4.90 Å². The third-order valence-corrected chi connectivity index (χ3v) is 5.32. The second-order valence-corrected chi connectivity index (χ2v) is 7.24. The van der Waals surface area contributed by atoms with Crippen molar-refractivity contribution in [3.8, 4) is 0 Å². The summed E-state index contributed by atoms with van der Waals surface area (Å²) in [5, 5.41) is 12.1. The van der Waals surface area contributed by atoms with Crippen LogP contribution in [0.3, 0.4) is 0 Å². The van der Waals surface area contributed by atoms with Gasteiger partial charge in [0.1, 0.15) is 11.4 Å². The highest BCUT2D eigenvalue weighted by molar-refractivity contribution is 7.89. The maximum Gasteiger partial charge on any atom is 0.240 e. The van der Waals surface area contributed by atoms with E-state index in [1.54, 1.807) is 17.5 Å². The summed E-state index contributed by atoms with van der Waals surface area (Å²) in [7, 11) is -3.77. The Balaban J connectivity index is 2.12. The summed E-state index contributed by atoms with van der Waals surface area (Å²) in [6.45, 7) is 1.37. The molecule has 1 unspecified atom stereocenters. The lowest BCUT2D eigenvalue weighted by molar-refractivity contribution is 0.0666. The van der Waals surface area contributed by atoms with E-state index in [-0.39, 0.29) is 11.4 Å². The highest BCUT2D eigenvalue weighted by atomic mass is 32.2. The van der Waals surface area contributed by atoms with Crippen LogP contribution >= 0.6 is 11.3 Å². The normalized spacial score (nSPS) is 14.9. The average Bonchev–Trinajstić information content (AvgIpc) is 2.92. The second-order valence-electron chi connectivity index (χ2n) is 4.53. The topological polar surface area (TPSA) is 66.4 Å². The molecular formula is C13H14FNO3S2. The minimum atomic E-state index is -3.77. The first-order chi connectivity index (χ1) is 9.31. The van der Waals surface area contributed by atoms with Crippen molar-refractivity contribution in [1.29, 1.82) is 0 Å². The minimum Gasteiger partial charge on any atom is -0.383 e. The van der Waals surface area contributed by atoms with Crippen LogP contribution in [0.2, 0.25) is 0 Å². The first-order valence-electron chi connectivity index (χ1n) is 5.83. The maximum atomic E-state index is 12.8. The fourth-order valence-corrected chi connectivity index (χ4v) is 3.52. The summed E-state index contributed by atoms with van der Waals surface area (Å²) in [6.07, 6.45) is 0. The average molecular weight is 315 g/mol. The van der Waals surface area contributed by atoms with Gasteiger partial charge in [-0.05, 0) is 42.6 Å². The van der Waals surface area contributed by atoms with Gasteiger partial charge in [-0.25, -0.2) is 17.5 Å². The molecule has 0 fully saturated rings. The Kier molecular flexibility index (Phi) is 4.24. The fraction of sp³-hybridized carbons (Fsp3) is 0.231. The molecular weight excluding hydrogens is 301 g/mol.